The van der Waals surface area contributed by atoms with Crippen LogP contribution in [0.5, 0.6) is 0 Å². The number of halogens is 1. The van der Waals surface area contributed by atoms with Gasteiger partial charge in [0.05, 0.1) is 22.2 Å². The van der Waals surface area contributed by atoms with Gasteiger partial charge in [-0.25, -0.2) is 4.39 Å². The molecule has 0 atom stereocenters. The van der Waals surface area contributed by atoms with E-state index in [0.29, 0.717) is 46.9 Å². The number of para-hydroxylation sites is 1. The Balaban J connectivity index is 1.47. The van der Waals surface area contributed by atoms with Crippen molar-refractivity contribution in [2.45, 2.75) is 50.7 Å². The molecule has 4 aromatic rings. The highest BCUT2D eigenvalue weighted by atomic mass is 32.2. The van der Waals surface area contributed by atoms with E-state index in [1.165, 1.54) is 12.1 Å². The minimum absolute atomic E-state index is 0.0115. The van der Waals surface area contributed by atoms with Crippen LogP contribution in [0.3, 0.4) is 0 Å². The van der Waals surface area contributed by atoms with E-state index >= 15 is 0 Å². The van der Waals surface area contributed by atoms with Crippen molar-refractivity contribution >= 4 is 45.8 Å². The van der Waals surface area contributed by atoms with E-state index in [0.717, 1.165) is 36.6 Å². The number of anilines is 1. The third-order valence-corrected chi connectivity index (χ3v) is 7.11. The number of carbonyl (C=O) groups is 2. The number of benzene rings is 2. The number of hydrogen-bond donors (Lipinski definition) is 1. The first-order valence-electron chi connectivity index (χ1n) is 11.6. The number of unbranched alkanes of at least 4 members (excludes halogenated alkanes) is 2. The van der Waals surface area contributed by atoms with Gasteiger partial charge in [-0.15, -0.1) is 10.2 Å². The van der Waals surface area contributed by atoms with Crippen LogP contribution in [0.15, 0.2) is 46.3 Å². The van der Waals surface area contributed by atoms with E-state index < -0.39 is 5.82 Å². The normalized spacial score (nSPS) is 13.3. The highest BCUT2D eigenvalue weighted by molar-refractivity contribution is 7.99. The van der Waals surface area contributed by atoms with Gasteiger partial charge < -0.3 is 5.32 Å². The zero-order chi connectivity index (χ0) is 24.5. The standard InChI is InChI=1S/C25H24FN5O3S/c1-2-3-6-11-30-23(34)16-7-4-5-8-20(16)31-24(30)28-29-25(31)35-14-21(32)17-12-15-9-10-22(33)27-19(15)13-18(17)26/h4-5,7-8,12-13H,2-3,6,9-11,14H2,1H3,(H,27,33). The number of fused-ring (bicyclic) bond motifs is 4. The number of ketones is 1. The molecule has 3 heterocycles. The summed E-state index contributed by atoms with van der Waals surface area (Å²) >= 11 is 1.15. The summed E-state index contributed by atoms with van der Waals surface area (Å²) < 4.78 is 18.1. The van der Waals surface area contributed by atoms with Gasteiger partial charge in [0.2, 0.25) is 11.7 Å². The molecule has 0 bridgehead atoms. The molecule has 180 valence electrons. The van der Waals surface area contributed by atoms with E-state index in [1.54, 1.807) is 15.0 Å². The topological polar surface area (TPSA) is 98.4 Å². The van der Waals surface area contributed by atoms with Crippen LogP contribution in [0, 0.1) is 5.82 Å². The van der Waals surface area contributed by atoms with E-state index in [4.69, 9.17) is 0 Å². The summed E-state index contributed by atoms with van der Waals surface area (Å²) in [6, 6.07) is 9.98. The first-order chi connectivity index (χ1) is 17.0. The van der Waals surface area contributed by atoms with Crippen LogP contribution in [-0.4, -0.2) is 36.6 Å². The smallest absolute Gasteiger partial charge is 0.262 e. The van der Waals surface area contributed by atoms with E-state index in [9.17, 15) is 18.8 Å². The van der Waals surface area contributed by atoms with Crippen molar-refractivity contribution in [2.24, 2.45) is 0 Å². The largest absolute Gasteiger partial charge is 0.326 e. The van der Waals surface area contributed by atoms with Crippen molar-refractivity contribution in [1.82, 2.24) is 19.2 Å². The van der Waals surface area contributed by atoms with Crippen LogP contribution in [0.4, 0.5) is 10.1 Å². The van der Waals surface area contributed by atoms with Gasteiger partial charge >= 0.3 is 0 Å². The lowest BCUT2D eigenvalue weighted by molar-refractivity contribution is -0.116. The average Bonchev–Trinajstić information content (AvgIpc) is 3.28. The number of hydrogen-bond acceptors (Lipinski definition) is 6. The van der Waals surface area contributed by atoms with Crippen molar-refractivity contribution < 1.29 is 14.0 Å². The summed E-state index contributed by atoms with van der Waals surface area (Å²) in [6.07, 6.45) is 3.63. The molecule has 35 heavy (non-hydrogen) atoms. The molecular weight excluding hydrogens is 469 g/mol. The van der Waals surface area contributed by atoms with E-state index in [-0.39, 0.29) is 28.6 Å². The van der Waals surface area contributed by atoms with Crippen LogP contribution in [0.1, 0.15) is 48.5 Å². The Kier molecular flexibility index (Phi) is 6.38. The third kappa shape index (κ3) is 4.34. The fourth-order valence-electron chi connectivity index (χ4n) is 4.37. The number of amides is 1. The van der Waals surface area contributed by atoms with E-state index in [1.807, 2.05) is 18.2 Å². The number of carbonyl (C=O) groups excluding carboxylic acids is 2. The SMILES string of the molecule is CCCCCn1c(=O)c2ccccc2n2c(SCC(=O)c3cc4c(cc3F)NC(=O)CC4)nnc12. The lowest BCUT2D eigenvalue weighted by Gasteiger charge is -2.17. The summed E-state index contributed by atoms with van der Waals surface area (Å²) in [4.78, 5) is 37.6. The summed E-state index contributed by atoms with van der Waals surface area (Å²) in [5.41, 5.74) is 1.69. The number of nitrogens with zero attached hydrogens (tertiary/aromatic N) is 4. The average molecular weight is 494 g/mol. The molecule has 0 spiro atoms. The summed E-state index contributed by atoms with van der Waals surface area (Å²) in [7, 11) is 0. The Bertz CT molecular complexity index is 1530. The molecule has 0 saturated heterocycles. The quantitative estimate of drug-likeness (QED) is 0.224. The van der Waals surface area contributed by atoms with Crippen LogP contribution >= 0.6 is 11.8 Å². The second-order valence-corrected chi connectivity index (χ2v) is 9.49. The second kappa shape index (κ2) is 9.61. The molecule has 0 radical (unpaired) electrons. The molecule has 0 unspecified atom stereocenters. The Morgan fingerprint density at radius 2 is 1.97 bits per heavy atom. The molecule has 10 heteroatoms. The predicted octanol–water partition coefficient (Wildman–Crippen LogP) is 4.23. The molecular formula is C25H24FN5O3S. The monoisotopic (exact) mass is 493 g/mol. The molecule has 0 aliphatic carbocycles. The van der Waals surface area contributed by atoms with Gasteiger partial charge in [-0.3, -0.25) is 23.4 Å². The first-order valence-corrected chi connectivity index (χ1v) is 12.6. The van der Waals surface area contributed by atoms with Crippen molar-refractivity contribution in [1.29, 1.82) is 0 Å². The van der Waals surface area contributed by atoms with E-state index in [2.05, 4.69) is 22.4 Å². The summed E-state index contributed by atoms with van der Waals surface area (Å²) in [5, 5.41) is 12.2. The molecule has 0 fully saturated rings. The Labute approximate surface area is 204 Å². The maximum Gasteiger partial charge on any atom is 0.262 e. The number of thioether (sulfide) groups is 1. The lowest BCUT2D eigenvalue weighted by atomic mass is 9.98. The fourth-order valence-corrected chi connectivity index (χ4v) is 5.20. The number of nitrogens with one attached hydrogen (secondary N) is 1. The van der Waals surface area contributed by atoms with Gasteiger partial charge in [0.1, 0.15) is 5.82 Å². The zero-order valence-electron chi connectivity index (χ0n) is 19.2. The maximum atomic E-state index is 14.7. The molecule has 0 saturated carbocycles. The molecule has 5 rings (SSSR count). The first kappa shape index (κ1) is 23.2. The molecule has 2 aromatic carbocycles. The van der Waals surface area contributed by atoms with Crippen LogP contribution in [-0.2, 0) is 17.8 Å². The molecule has 1 N–H and O–H groups in total. The highest BCUT2D eigenvalue weighted by Gasteiger charge is 2.22. The highest BCUT2D eigenvalue weighted by Crippen LogP contribution is 2.28. The molecule has 1 aliphatic heterocycles. The van der Waals surface area contributed by atoms with Crippen molar-refractivity contribution in [3.8, 4) is 0 Å². The van der Waals surface area contributed by atoms with Gasteiger partial charge in [0.15, 0.2) is 10.9 Å². The molecule has 2 aromatic heterocycles. The van der Waals surface area contributed by atoms with Gasteiger partial charge in [-0.05, 0) is 42.7 Å². The van der Waals surface area contributed by atoms with Crippen molar-refractivity contribution in [2.75, 3.05) is 11.1 Å². The van der Waals surface area contributed by atoms with Crippen LogP contribution < -0.4 is 10.9 Å². The zero-order valence-corrected chi connectivity index (χ0v) is 20.0. The summed E-state index contributed by atoms with van der Waals surface area (Å²) in [5.74, 6) is -0.838. The van der Waals surface area contributed by atoms with Gasteiger partial charge in [0.25, 0.3) is 5.56 Å². The summed E-state index contributed by atoms with van der Waals surface area (Å²) in [6.45, 7) is 2.63. The molecule has 8 nitrogen and oxygen atoms in total. The molecule has 1 aliphatic rings. The van der Waals surface area contributed by atoms with Crippen molar-refractivity contribution in [3.05, 3.63) is 63.7 Å². The lowest BCUT2D eigenvalue weighted by Crippen LogP contribution is -2.23. The number of rotatable bonds is 8. The van der Waals surface area contributed by atoms with Crippen LogP contribution in [0.25, 0.3) is 16.7 Å². The minimum atomic E-state index is -0.669. The number of aryl methyl sites for hydroxylation is 2. The number of Topliss-reactive ketones (excluding diaryl/α,β-unsaturated/α-hetero) is 1. The van der Waals surface area contributed by atoms with Gasteiger partial charge in [-0.2, -0.15) is 0 Å². The Morgan fingerprint density at radius 3 is 2.80 bits per heavy atom. The third-order valence-electron chi connectivity index (χ3n) is 6.18. The number of aromatic nitrogens is 4. The van der Waals surface area contributed by atoms with Crippen molar-refractivity contribution in [3.63, 3.8) is 0 Å². The maximum absolute atomic E-state index is 14.7. The second-order valence-electron chi connectivity index (χ2n) is 8.55. The Hall–Kier alpha value is -3.53. The fraction of sp³-hybridized carbons (Fsp3) is 0.320. The predicted molar refractivity (Wildman–Crippen MR) is 133 cm³/mol. The molecule has 1 amide bonds. The Morgan fingerprint density at radius 1 is 1.14 bits per heavy atom. The van der Waals surface area contributed by atoms with Gasteiger partial charge in [0, 0.05) is 18.7 Å². The van der Waals surface area contributed by atoms with Crippen LogP contribution in [0.2, 0.25) is 0 Å². The minimum Gasteiger partial charge on any atom is -0.326 e. The van der Waals surface area contributed by atoms with Gasteiger partial charge in [-0.1, -0.05) is 43.7 Å².